The van der Waals surface area contributed by atoms with Crippen LogP contribution in [0.15, 0.2) is 23.1 Å². The topological polar surface area (TPSA) is 127 Å². The molecule has 1 rings (SSSR count). The van der Waals surface area contributed by atoms with Gasteiger partial charge in [-0.3, -0.25) is 16.0 Å². The first-order valence-electron chi connectivity index (χ1n) is 6.31. The van der Waals surface area contributed by atoms with E-state index in [0.717, 1.165) is 6.07 Å². The lowest BCUT2D eigenvalue weighted by atomic mass is 9.93. The minimum Gasteiger partial charge on any atom is -0.323 e. The Kier molecular flexibility index (Phi) is 5.26. The highest BCUT2D eigenvalue weighted by atomic mass is 32.2. The first-order chi connectivity index (χ1) is 9.57. The molecule has 21 heavy (non-hydrogen) atoms. The van der Waals surface area contributed by atoms with E-state index < -0.39 is 14.9 Å². The van der Waals surface area contributed by atoms with Crippen LogP contribution in [0.5, 0.6) is 0 Å². The van der Waals surface area contributed by atoms with E-state index in [1.54, 1.807) is 0 Å². The van der Waals surface area contributed by atoms with Gasteiger partial charge in [-0.25, -0.2) is 13.1 Å². The zero-order chi connectivity index (χ0) is 16.3. The van der Waals surface area contributed by atoms with Crippen molar-refractivity contribution >= 4 is 21.4 Å². The summed E-state index contributed by atoms with van der Waals surface area (Å²) in [6.07, 6.45) is 0.631. The van der Waals surface area contributed by atoms with E-state index in [0.29, 0.717) is 6.42 Å². The second kappa shape index (κ2) is 6.37. The summed E-state index contributed by atoms with van der Waals surface area (Å²) in [6.45, 7) is 6.20. The molecular formula is C12H20N4O4S. The summed E-state index contributed by atoms with van der Waals surface area (Å²) in [6, 6.07) is 3.43. The number of nitrogens with two attached hydrogens (primary N) is 1. The number of hydrogen-bond acceptors (Lipinski definition) is 6. The standard InChI is InChI=1S/C12H20N4O4S/c1-12(2,3)6-7-14-21(19,20)11-8-9(16(17)18)4-5-10(11)15-13/h4-5,8,14-15H,6-7,13H2,1-3H3. The van der Waals surface area contributed by atoms with Crippen molar-refractivity contribution in [2.24, 2.45) is 11.3 Å². The Morgan fingerprint density at radius 3 is 2.43 bits per heavy atom. The molecule has 0 aromatic heterocycles. The predicted octanol–water partition coefficient (Wildman–Crippen LogP) is 1.59. The Bertz CT molecular complexity index is 623. The number of nitrogens with zero attached hydrogens (tertiary/aromatic N) is 1. The van der Waals surface area contributed by atoms with Gasteiger partial charge in [-0.1, -0.05) is 20.8 Å². The fraction of sp³-hybridized carbons (Fsp3) is 0.500. The first kappa shape index (κ1) is 17.3. The molecule has 0 aliphatic rings. The zero-order valence-electron chi connectivity index (χ0n) is 12.2. The summed E-state index contributed by atoms with van der Waals surface area (Å²) in [5.74, 6) is 5.26. The molecule has 0 aliphatic heterocycles. The number of non-ortho nitro benzene ring substituents is 1. The number of hydrazine groups is 1. The largest absolute Gasteiger partial charge is 0.323 e. The molecule has 0 atom stereocenters. The van der Waals surface area contributed by atoms with E-state index >= 15 is 0 Å². The summed E-state index contributed by atoms with van der Waals surface area (Å²) < 4.78 is 26.9. The summed E-state index contributed by atoms with van der Waals surface area (Å²) in [7, 11) is -3.88. The molecule has 8 nitrogen and oxygen atoms in total. The van der Waals surface area contributed by atoms with Crippen LogP contribution in [0.4, 0.5) is 11.4 Å². The molecule has 0 fully saturated rings. The lowest BCUT2D eigenvalue weighted by Gasteiger charge is -2.18. The van der Waals surface area contributed by atoms with Crippen LogP contribution in [-0.2, 0) is 10.0 Å². The Labute approximate surface area is 123 Å². The molecule has 4 N–H and O–H groups in total. The zero-order valence-corrected chi connectivity index (χ0v) is 13.0. The number of benzene rings is 1. The average molecular weight is 316 g/mol. The fourth-order valence-corrected chi connectivity index (χ4v) is 2.82. The van der Waals surface area contributed by atoms with Gasteiger partial charge in [0.25, 0.3) is 5.69 Å². The van der Waals surface area contributed by atoms with E-state index in [1.807, 2.05) is 20.8 Å². The number of rotatable bonds is 6. The van der Waals surface area contributed by atoms with Crippen LogP contribution >= 0.6 is 0 Å². The van der Waals surface area contributed by atoms with Crippen LogP contribution in [0.2, 0.25) is 0 Å². The molecule has 0 amide bonds. The van der Waals surface area contributed by atoms with Gasteiger partial charge in [0.05, 0.1) is 10.6 Å². The summed E-state index contributed by atoms with van der Waals surface area (Å²) in [4.78, 5) is 9.86. The van der Waals surface area contributed by atoms with Crippen molar-refractivity contribution in [2.75, 3.05) is 12.0 Å². The van der Waals surface area contributed by atoms with Crippen molar-refractivity contribution in [3.63, 3.8) is 0 Å². The third-order valence-electron chi connectivity index (χ3n) is 2.79. The van der Waals surface area contributed by atoms with E-state index in [4.69, 9.17) is 5.84 Å². The van der Waals surface area contributed by atoms with Crippen molar-refractivity contribution in [3.05, 3.63) is 28.3 Å². The lowest BCUT2D eigenvalue weighted by Crippen LogP contribution is -2.28. The van der Waals surface area contributed by atoms with Gasteiger partial charge in [0.15, 0.2) is 0 Å². The molecule has 118 valence electrons. The second-order valence-corrected chi connectivity index (χ2v) is 7.53. The molecule has 1 aromatic rings. The van der Waals surface area contributed by atoms with Crippen LogP contribution in [-0.4, -0.2) is 19.9 Å². The molecule has 0 spiro atoms. The van der Waals surface area contributed by atoms with Crippen LogP contribution < -0.4 is 16.0 Å². The van der Waals surface area contributed by atoms with Gasteiger partial charge in [-0.2, -0.15) is 0 Å². The number of nitro groups is 1. The Morgan fingerprint density at radius 1 is 1.33 bits per heavy atom. The molecule has 9 heteroatoms. The number of nitrogen functional groups attached to an aromatic ring is 1. The van der Waals surface area contributed by atoms with E-state index in [9.17, 15) is 18.5 Å². The van der Waals surface area contributed by atoms with Crippen LogP contribution in [0, 0.1) is 15.5 Å². The Morgan fingerprint density at radius 2 is 1.95 bits per heavy atom. The molecular weight excluding hydrogens is 296 g/mol. The fourth-order valence-electron chi connectivity index (χ4n) is 1.60. The van der Waals surface area contributed by atoms with Crippen LogP contribution in [0.25, 0.3) is 0 Å². The quantitative estimate of drug-likeness (QED) is 0.415. The minimum atomic E-state index is -3.88. The second-order valence-electron chi connectivity index (χ2n) is 5.79. The van der Waals surface area contributed by atoms with Crippen LogP contribution in [0.1, 0.15) is 27.2 Å². The van der Waals surface area contributed by atoms with Gasteiger partial charge in [-0.15, -0.1) is 0 Å². The summed E-state index contributed by atoms with van der Waals surface area (Å²) in [5.41, 5.74) is 1.99. The Balaban J connectivity index is 3.06. The maximum atomic E-state index is 12.2. The number of nitro benzene ring substituents is 1. The van der Waals surface area contributed by atoms with Crippen molar-refractivity contribution in [3.8, 4) is 0 Å². The maximum absolute atomic E-state index is 12.2. The maximum Gasteiger partial charge on any atom is 0.270 e. The van der Waals surface area contributed by atoms with E-state index in [1.165, 1.54) is 12.1 Å². The van der Waals surface area contributed by atoms with Crippen molar-refractivity contribution < 1.29 is 13.3 Å². The summed E-state index contributed by atoms with van der Waals surface area (Å²) >= 11 is 0. The van der Waals surface area contributed by atoms with Gasteiger partial charge in [0.2, 0.25) is 10.0 Å². The number of anilines is 1. The third-order valence-corrected chi connectivity index (χ3v) is 4.29. The number of nitrogens with one attached hydrogen (secondary N) is 2. The highest BCUT2D eigenvalue weighted by Gasteiger charge is 2.22. The van der Waals surface area contributed by atoms with E-state index in [2.05, 4.69) is 10.1 Å². The van der Waals surface area contributed by atoms with E-state index in [-0.39, 0.29) is 28.2 Å². The molecule has 0 aliphatic carbocycles. The van der Waals surface area contributed by atoms with Gasteiger partial charge in [0.1, 0.15) is 4.90 Å². The minimum absolute atomic E-state index is 0.0276. The highest BCUT2D eigenvalue weighted by molar-refractivity contribution is 7.89. The first-order valence-corrected chi connectivity index (χ1v) is 7.80. The van der Waals surface area contributed by atoms with Crippen molar-refractivity contribution in [1.82, 2.24) is 4.72 Å². The molecule has 0 heterocycles. The van der Waals surface area contributed by atoms with Crippen LogP contribution in [0.3, 0.4) is 0 Å². The molecule has 0 radical (unpaired) electrons. The molecule has 0 unspecified atom stereocenters. The number of hydrogen-bond donors (Lipinski definition) is 3. The summed E-state index contributed by atoms with van der Waals surface area (Å²) in [5, 5.41) is 10.8. The number of sulfonamides is 1. The van der Waals surface area contributed by atoms with Gasteiger partial charge in [0, 0.05) is 18.7 Å². The van der Waals surface area contributed by atoms with Gasteiger partial charge >= 0.3 is 0 Å². The average Bonchev–Trinajstić information content (AvgIpc) is 2.36. The molecule has 0 saturated heterocycles. The Hall–Kier alpha value is -1.71. The van der Waals surface area contributed by atoms with Crippen molar-refractivity contribution in [2.45, 2.75) is 32.1 Å². The highest BCUT2D eigenvalue weighted by Crippen LogP contribution is 2.26. The molecule has 0 bridgehead atoms. The monoisotopic (exact) mass is 316 g/mol. The SMILES string of the molecule is CC(C)(C)CCNS(=O)(=O)c1cc([N+](=O)[O-])ccc1NN. The normalized spacial score (nSPS) is 12.2. The van der Waals surface area contributed by atoms with Gasteiger partial charge in [-0.05, 0) is 17.9 Å². The lowest BCUT2D eigenvalue weighted by molar-refractivity contribution is -0.385. The molecule has 0 saturated carbocycles. The van der Waals surface area contributed by atoms with Gasteiger partial charge < -0.3 is 5.43 Å². The third kappa shape index (κ3) is 4.96. The predicted molar refractivity (Wildman–Crippen MR) is 80.2 cm³/mol. The smallest absolute Gasteiger partial charge is 0.270 e. The van der Waals surface area contributed by atoms with Crippen molar-refractivity contribution in [1.29, 1.82) is 0 Å². The molecule has 1 aromatic carbocycles.